The first-order valence-electron chi connectivity index (χ1n) is 9.44. The number of aromatic nitrogens is 3. The number of nitrogens with zero attached hydrogens (tertiary/aromatic N) is 3. The van der Waals surface area contributed by atoms with Gasteiger partial charge in [0.2, 0.25) is 0 Å². The molecule has 6 heteroatoms. The van der Waals surface area contributed by atoms with Crippen molar-refractivity contribution in [3.05, 3.63) is 45.9 Å². The molecule has 1 saturated heterocycles. The zero-order chi connectivity index (χ0) is 19.0. The first-order chi connectivity index (χ1) is 13.2. The highest BCUT2D eigenvalue weighted by atomic mass is 16.5. The van der Waals surface area contributed by atoms with Crippen LogP contribution < -0.4 is 5.56 Å². The van der Waals surface area contributed by atoms with Crippen LogP contribution in [0.25, 0.3) is 27.9 Å². The summed E-state index contributed by atoms with van der Waals surface area (Å²) in [6.45, 7) is 5.22. The number of rotatable bonds is 4. The molecule has 27 heavy (non-hydrogen) atoms. The second-order valence-corrected chi connectivity index (χ2v) is 6.90. The predicted octanol–water partition coefficient (Wildman–Crippen LogP) is 3.59. The lowest BCUT2D eigenvalue weighted by molar-refractivity contribution is -0.104. The maximum atomic E-state index is 13.2. The molecule has 1 fully saturated rings. The topological polar surface area (TPSA) is 66.1 Å². The third-order valence-corrected chi connectivity index (χ3v) is 5.29. The summed E-state index contributed by atoms with van der Waals surface area (Å²) < 4.78 is 9.56. The minimum Gasteiger partial charge on any atom is -0.357 e. The number of benzene rings is 1. The molecule has 6 nitrogen and oxygen atoms in total. The first-order valence-corrected chi connectivity index (χ1v) is 9.44. The number of fused-ring (bicyclic) bond motifs is 3. The van der Waals surface area contributed by atoms with Gasteiger partial charge in [-0.1, -0.05) is 12.1 Å². The molecule has 140 valence electrons. The molecule has 0 aliphatic carbocycles. The lowest BCUT2D eigenvalue weighted by atomic mass is 10.1. The Morgan fingerprint density at radius 2 is 2.19 bits per heavy atom. The number of pyridine rings is 1. The van der Waals surface area contributed by atoms with E-state index < -0.39 is 0 Å². The molecule has 1 aliphatic rings. The van der Waals surface area contributed by atoms with Gasteiger partial charge in [0, 0.05) is 18.5 Å². The highest BCUT2D eigenvalue weighted by Crippen LogP contribution is 2.30. The molecule has 1 unspecified atom stereocenters. The normalized spacial score (nSPS) is 17.9. The largest absolute Gasteiger partial charge is 0.357 e. The average Bonchev–Trinajstić information content (AvgIpc) is 3.05. The fourth-order valence-electron chi connectivity index (χ4n) is 3.95. The van der Waals surface area contributed by atoms with Gasteiger partial charge >= 0.3 is 0 Å². The van der Waals surface area contributed by atoms with Gasteiger partial charge in [0.05, 0.1) is 16.6 Å². The van der Waals surface area contributed by atoms with E-state index in [9.17, 15) is 9.59 Å². The Kier molecular flexibility index (Phi) is 4.66. The van der Waals surface area contributed by atoms with Gasteiger partial charge in [-0.2, -0.15) is 5.10 Å². The van der Waals surface area contributed by atoms with Crippen molar-refractivity contribution < 1.29 is 9.53 Å². The summed E-state index contributed by atoms with van der Waals surface area (Å²) >= 11 is 0. The van der Waals surface area contributed by atoms with E-state index in [1.807, 2.05) is 36.7 Å². The van der Waals surface area contributed by atoms with Crippen molar-refractivity contribution in [1.82, 2.24) is 14.3 Å². The summed E-state index contributed by atoms with van der Waals surface area (Å²) in [6, 6.07) is 5.82. The van der Waals surface area contributed by atoms with Gasteiger partial charge in [0.1, 0.15) is 18.0 Å². The van der Waals surface area contributed by atoms with Gasteiger partial charge in [-0.25, -0.2) is 4.68 Å². The van der Waals surface area contributed by atoms with Crippen LogP contribution in [-0.2, 0) is 16.1 Å². The van der Waals surface area contributed by atoms with Crippen LogP contribution in [0.2, 0.25) is 0 Å². The summed E-state index contributed by atoms with van der Waals surface area (Å²) in [4.78, 5) is 23.8. The maximum Gasteiger partial charge on any atom is 0.262 e. The lowest BCUT2D eigenvalue weighted by Gasteiger charge is -2.23. The Hall–Kier alpha value is -2.73. The third kappa shape index (κ3) is 2.90. The number of carbonyl (C=O) groups excluding carboxylic acids is 1. The monoisotopic (exact) mass is 365 g/mol. The van der Waals surface area contributed by atoms with E-state index in [0.29, 0.717) is 17.4 Å². The van der Waals surface area contributed by atoms with Crippen molar-refractivity contribution >= 4 is 34.2 Å². The Labute approximate surface area is 157 Å². The van der Waals surface area contributed by atoms with E-state index in [4.69, 9.17) is 9.84 Å². The number of hydrogen-bond acceptors (Lipinski definition) is 4. The van der Waals surface area contributed by atoms with Crippen LogP contribution in [0.3, 0.4) is 0 Å². The molecule has 1 atom stereocenters. The molecule has 0 amide bonds. The van der Waals surface area contributed by atoms with E-state index in [2.05, 4.69) is 0 Å². The Morgan fingerprint density at radius 1 is 1.33 bits per heavy atom. The quantitative estimate of drug-likeness (QED) is 0.523. The number of ether oxygens (including phenoxy) is 1. The second kappa shape index (κ2) is 7.12. The molecule has 0 N–H and O–H groups in total. The van der Waals surface area contributed by atoms with Crippen LogP contribution in [-0.4, -0.2) is 27.2 Å². The van der Waals surface area contributed by atoms with Gasteiger partial charge < -0.3 is 9.30 Å². The number of aryl methyl sites for hydroxylation is 2. The van der Waals surface area contributed by atoms with Crippen molar-refractivity contribution in [2.24, 2.45) is 0 Å². The van der Waals surface area contributed by atoms with Crippen molar-refractivity contribution in [3.8, 4) is 0 Å². The Balaban J connectivity index is 2.03. The third-order valence-electron chi connectivity index (χ3n) is 5.29. The second-order valence-electron chi connectivity index (χ2n) is 6.90. The van der Waals surface area contributed by atoms with Crippen LogP contribution in [0, 0.1) is 6.92 Å². The highest BCUT2D eigenvalue weighted by Gasteiger charge is 2.23. The van der Waals surface area contributed by atoms with E-state index >= 15 is 0 Å². The zero-order valence-electron chi connectivity index (χ0n) is 15.6. The van der Waals surface area contributed by atoms with Crippen LogP contribution in [0.4, 0.5) is 0 Å². The van der Waals surface area contributed by atoms with Crippen LogP contribution >= 0.6 is 0 Å². The number of hydrogen-bond donors (Lipinski definition) is 0. The van der Waals surface area contributed by atoms with Gasteiger partial charge in [-0.05, 0) is 56.9 Å². The Morgan fingerprint density at radius 3 is 2.89 bits per heavy atom. The number of carbonyl (C=O) groups is 1. The molecule has 1 aromatic carbocycles. The molecular weight excluding hydrogens is 342 g/mol. The molecule has 3 aromatic rings. The van der Waals surface area contributed by atoms with Crippen molar-refractivity contribution in [1.29, 1.82) is 0 Å². The smallest absolute Gasteiger partial charge is 0.262 e. The van der Waals surface area contributed by atoms with E-state index in [0.717, 1.165) is 54.3 Å². The zero-order valence-corrected chi connectivity index (χ0v) is 15.6. The summed E-state index contributed by atoms with van der Waals surface area (Å²) in [5.74, 6) is 0. The molecule has 0 saturated carbocycles. The first kappa shape index (κ1) is 17.7. The van der Waals surface area contributed by atoms with E-state index in [1.165, 1.54) is 6.08 Å². The van der Waals surface area contributed by atoms with Crippen molar-refractivity contribution in [2.45, 2.75) is 45.9 Å². The molecule has 0 radical (unpaired) electrons. The predicted molar refractivity (Wildman–Crippen MR) is 106 cm³/mol. The highest BCUT2D eigenvalue weighted by molar-refractivity contribution is 6.05. The number of allylic oxidation sites excluding steroid dienone is 1. The fourth-order valence-corrected chi connectivity index (χ4v) is 3.95. The van der Waals surface area contributed by atoms with Crippen molar-refractivity contribution in [2.75, 3.05) is 6.61 Å². The van der Waals surface area contributed by atoms with Gasteiger partial charge in [-0.15, -0.1) is 0 Å². The minimum atomic E-state index is -0.117. The van der Waals surface area contributed by atoms with E-state index in [-0.39, 0.29) is 11.8 Å². The molecule has 2 aromatic heterocycles. The number of aldehydes is 1. The summed E-state index contributed by atoms with van der Waals surface area (Å²) in [5.41, 5.74) is 3.29. The minimum absolute atomic E-state index is 0.0178. The van der Waals surface area contributed by atoms with Gasteiger partial charge in [0.15, 0.2) is 0 Å². The SMILES string of the molecule is CCn1c(=O)c2c(C)n(C3CCCCO3)nc2c2cc(/C=C/C=O)ccc21. The summed E-state index contributed by atoms with van der Waals surface area (Å²) in [5, 5.41) is 6.37. The van der Waals surface area contributed by atoms with Crippen LogP contribution in [0.1, 0.15) is 43.7 Å². The lowest BCUT2D eigenvalue weighted by Crippen LogP contribution is -2.21. The van der Waals surface area contributed by atoms with E-state index in [1.54, 1.807) is 10.6 Å². The van der Waals surface area contributed by atoms with Crippen LogP contribution in [0.5, 0.6) is 0 Å². The van der Waals surface area contributed by atoms with Crippen molar-refractivity contribution in [3.63, 3.8) is 0 Å². The summed E-state index contributed by atoms with van der Waals surface area (Å²) in [6.07, 6.45) is 6.93. The van der Waals surface area contributed by atoms with Crippen LogP contribution in [0.15, 0.2) is 29.1 Å². The molecule has 3 heterocycles. The maximum absolute atomic E-state index is 13.2. The molecule has 0 bridgehead atoms. The molecule has 1 aliphatic heterocycles. The average molecular weight is 365 g/mol. The molecule has 4 rings (SSSR count). The molecular formula is C21H23N3O3. The summed E-state index contributed by atoms with van der Waals surface area (Å²) in [7, 11) is 0. The standard InChI is InChI=1S/C21H23N3O3/c1-3-23-17-10-9-15(7-6-11-25)13-16(17)20-19(21(23)26)14(2)24(22-20)18-8-4-5-12-27-18/h6-7,9-11,13,18H,3-5,8,12H2,1-2H3/b7-6+. The van der Waals surface area contributed by atoms with Gasteiger partial charge in [-0.3, -0.25) is 9.59 Å². The Bertz CT molecular complexity index is 1100. The fraction of sp³-hybridized carbons (Fsp3) is 0.381. The molecule has 0 spiro atoms. The van der Waals surface area contributed by atoms with Gasteiger partial charge in [0.25, 0.3) is 5.56 Å².